The standard InChI is InChI=1S/C21H21N5O3/c1-13-12-19(20(28)24-16-8-10-18(29-3)11-9-16)26-21(22-13)25-17-6-4-15(5-7-17)23-14(2)27/h4-12H,1-3H3,(H,23,27)(H,24,28)(H,22,25,26). The van der Waals surface area contributed by atoms with E-state index in [0.717, 1.165) is 5.69 Å². The maximum atomic E-state index is 12.6. The van der Waals surface area contributed by atoms with Crippen LogP contribution in [0.15, 0.2) is 54.6 Å². The Morgan fingerprint density at radius 1 is 0.862 bits per heavy atom. The van der Waals surface area contributed by atoms with Crippen molar-refractivity contribution in [2.45, 2.75) is 13.8 Å². The number of nitrogens with zero attached hydrogens (tertiary/aromatic N) is 2. The zero-order chi connectivity index (χ0) is 20.8. The van der Waals surface area contributed by atoms with Crippen molar-refractivity contribution >= 4 is 34.8 Å². The molecule has 0 aliphatic heterocycles. The van der Waals surface area contributed by atoms with E-state index in [0.29, 0.717) is 28.8 Å². The maximum Gasteiger partial charge on any atom is 0.274 e. The number of aryl methyl sites for hydroxylation is 1. The number of carbonyl (C=O) groups excluding carboxylic acids is 2. The highest BCUT2D eigenvalue weighted by molar-refractivity contribution is 6.03. The first-order valence-corrected chi connectivity index (χ1v) is 8.89. The van der Waals surface area contributed by atoms with Gasteiger partial charge in [0.05, 0.1) is 7.11 Å². The Bertz CT molecular complexity index is 1020. The number of rotatable bonds is 6. The first kappa shape index (κ1) is 19.8. The summed E-state index contributed by atoms with van der Waals surface area (Å²) < 4.78 is 5.11. The van der Waals surface area contributed by atoms with Crippen LogP contribution in [0.3, 0.4) is 0 Å². The third-order valence-electron chi connectivity index (χ3n) is 3.90. The lowest BCUT2D eigenvalue weighted by molar-refractivity contribution is -0.114. The third-order valence-corrected chi connectivity index (χ3v) is 3.90. The molecule has 3 aromatic rings. The Morgan fingerprint density at radius 3 is 2.07 bits per heavy atom. The van der Waals surface area contributed by atoms with E-state index >= 15 is 0 Å². The summed E-state index contributed by atoms with van der Waals surface area (Å²) in [6.07, 6.45) is 0. The second-order valence-corrected chi connectivity index (χ2v) is 6.28. The molecule has 148 valence electrons. The van der Waals surface area contributed by atoms with Crippen LogP contribution in [0.5, 0.6) is 5.75 Å². The molecule has 0 aliphatic carbocycles. The number of aromatic nitrogens is 2. The molecule has 1 heterocycles. The monoisotopic (exact) mass is 391 g/mol. The molecule has 29 heavy (non-hydrogen) atoms. The largest absolute Gasteiger partial charge is 0.497 e. The van der Waals surface area contributed by atoms with Gasteiger partial charge in [-0.25, -0.2) is 9.97 Å². The molecule has 1 aromatic heterocycles. The molecule has 0 fully saturated rings. The number of amides is 2. The van der Waals surface area contributed by atoms with Gasteiger partial charge in [-0.05, 0) is 61.5 Å². The number of hydrogen-bond donors (Lipinski definition) is 3. The molecule has 0 unspecified atom stereocenters. The zero-order valence-corrected chi connectivity index (χ0v) is 16.3. The van der Waals surface area contributed by atoms with Gasteiger partial charge < -0.3 is 20.7 Å². The van der Waals surface area contributed by atoms with Crippen LogP contribution in [0, 0.1) is 6.92 Å². The van der Waals surface area contributed by atoms with Gasteiger partial charge in [0.25, 0.3) is 5.91 Å². The minimum Gasteiger partial charge on any atom is -0.497 e. The predicted octanol–water partition coefficient (Wildman–Crippen LogP) is 3.75. The van der Waals surface area contributed by atoms with E-state index in [1.165, 1.54) is 6.92 Å². The van der Waals surface area contributed by atoms with Gasteiger partial charge in [0, 0.05) is 29.7 Å². The van der Waals surface area contributed by atoms with Crippen molar-refractivity contribution in [1.82, 2.24) is 9.97 Å². The first-order chi connectivity index (χ1) is 13.9. The van der Waals surface area contributed by atoms with Crippen LogP contribution in [0.4, 0.5) is 23.0 Å². The third kappa shape index (κ3) is 5.52. The minimum atomic E-state index is -0.343. The second-order valence-electron chi connectivity index (χ2n) is 6.28. The number of carbonyl (C=O) groups is 2. The fourth-order valence-corrected chi connectivity index (χ4v) is 2.58. The molecule has 8 nitrogen and oxygen atoms in total. The molecule has 0 bridgehead atoms. The highest BCUT2D eigenvalue weighted by atomic mass is 16.5. The van der Waals surface area contributed by atoms with Crippen molar-refractivity contribution in [3.8, 4) is 5.75 Å². The molecule has 3 N–H and O–H groups in total. The molecule has 0 saturated heterocycles. The van der Waals surface area contributed by atoms with E-state index < -0.39 is 0 Å². The lowest BCUT2D eigenvalue weighted by atomic mass is 10.2. The van der Waals surface area contributed by atoms with Crippen molar-refractivity contribution < 1.29 is 14.3 Å². The van der Waals surface area contributed by atoms with E-state index in [4.69, 9.17) is 4.74 Å². The van der Waals surface area contributed by atoms with Gasteiger partial charge in [0.15, 0.2) is 0 Å². The summed E-state index contributed by atoms with van der Waals surface area (Å²) in [5.41, 5.74) is 2.94. The molecule has 0 saturated carbocycles. The molecule has 0 spiro atoms. The fraction of sp³-hybridized carbons (Fsp3) is 0.143. The van der Waals surface area contributed by atoms with Crippen LogP contribution in [-0.4, -0.2) is 28.9 Å². The average Bonchev–Trinajstić information content (AvgIpc) is 2.69. The maximum absolute atomic E-state index is 12.6. The highest BCUT2D eigenvalue weighted by Crippen LogP contribution is 2.19. The average molecular weight is 391 g/mol. The summed E-state index contributed by atoms with van der Waals surface area (Å²) >= 11 is 0. The summed E-state index contributed by atoms with van der Waals surface area (Å²) in [6, 6.07) is 15.7. The molecular formula is C21H21N5O3. The van der Waals surface area contributed by atoms with Gasteiger partial charge in [-0.15, -0.1) is 0 Å². The number of hydrogen-bond acceptors (Lipinski definition) is 6. The van der Waals surface area contributed by atoms with E-state index in [1.807, 2.05) is 0 Å². The summed E-state index contributed by atoms with van der Waals surface area (Å²) in [4.78, 5) is 32.3. The van der Waals surface area contributed by atoms with E-state index in [1.54, 1.807) is 68.6 Å². The molecule has 3 rings (SSSR count). The zero-order valence-electron chi connectivity index (χ0n) is 16.3. The van der Waals surface area contributed by atoms with Gasteiger partial charge in [-0.1, -0.05) is 0 Å². The highest BCUT2D eigenvalue weighted by Gasteiger charge is 2.11. The quantitative estimate of drug-likeness (QED) is 0.591. The van der Waals surface area contributed by atoms with Gasteiger partial charge in [-0.2, -0.15) is 0 Å². The Labute approximate surface area is 168 Å². The molecule has 2 aromatic carbocycles. The summed E-state index contributed by atoms with van der Waals surface area (Å²) in [5, 5.41) is 8.57. The Kier molecular flexibility index (Phi) is 6.03. The van der Waals surface area contributed by atoms with Gasteiger partial charge in [-0.3, -0.25) is 9.59 Å². The van der Waals surface area contributed by atoms with Crippen LogP contribution in [0.25, 0.3) is 0 Å². The van der Waals surface area contributed by atoms with Crippen molar-refractivity contribution in [3.05, 3.63) is 66.0 Å². The Hall–Kier alpha value is -3.94. The van der Waals surface area contributed by atoms with E-state index in [9.17, 15) is 9.59 Å². The van der Waals surface area contributed by atoms with Gasteiger partial charge >= 0.3 is 0 Å². The molecule has 8 heteroatoms. The summed E-state index contributed by atoms with van der Waals surface area (Å²) in [6.45, 7) is 3.24. The van der Waals surface area contributed by atoms with Crippen LogP contribution in [0.1, 0.15) is 23.1 Å². The van der Waals surface area contributed by atoms with E-state index in [-0.39, 0.29) is 17.5 Å². The molecule has 0 atom stereocenters. The van der Waals surface area contributed by atoms with Crippen LogP contribution in [-0.2, 0) is 4.79 Å². The molecule has 0 radical (unpaired) electrons. The Balaban J connectivity index is 1.73. The predicted molar refractivity (Wildman–Crippen MR) is 112 cm³/mol. The normalized spacial score (nSPS) is 10.2. The molecule has 0 aliphatic rings. The van der Waals surface area contributed by atoms with Crippen LogP contribution >= 0.6 is 0 Å². The topological polar surface area (TPSA) is 105 Å². The number of ether oxygens (including phenoxy) is 1. The number of nitrogens with one attached hydrogen (secondary N) is 3. The van der Waals surface area contributed by atoms with Crippen molar-refractivity contribution in [2.75, 3.05) is 23.1 Å². The fourth-order valence-electron chi connectivity index (χ4n) is 2.58. The van der Waals surface area contributed by atoms with Gasteiger partial charge in [0.2, 0.25) is 11.9 Å². The SMILES string of the molecule is COc1ccc(NC(=O)c2cc(C)nc(Nc3ccc(NC(C)=O)cc3)n2)cc1. The second kappa shape index (κ2) is 8.83. The van der Waals surface area contributed by atoms with Crippen molar-refractivity contribution in [2.24, 2.45) is 0 Å². The van der Waals surface area contributed by atoms with Crippen LogP contribution < -0.4 is 20.7 Å². The smallest absolute Gasteiger partial charge is 0.274 e. The van der Waals surface area contributed by atoms with E-state index in [2.05, 4.69) is 25.9 Å². The van der Waals surface area contributed by atoms with Crippen molar-refractivity contribution in [1.29, 1.82) is 0 Å². The lowest BCUT2D eigenvalue weighted by Crippen LogP contribution is -2.15. The molecular weight excluding hydrogens is 370 g/mol. The van der Waals surface area contributed by atoms with Crippen molar-refractivity contribution in [3.63, 3.8) is 0 Å². The number of anilines is 4. The number of benzene rings is 2. The Morgan fingerprint density at radius 2 is 1.45 bits per heavy atom. The first-order valence-electron chi connectivity index (χ1n) is 8.89. The van der Waals surface area contributed by atoms with Gasteiger partial charge in [0.1, 0.15) is 11.4 Å². The number of methoxy groups -OCH3 is 1. The summed E-state index contributed by atoms with van der Waals surface area (Å²) in [5.74, 6) is 0.527. The molecule has 2 amide bonds. The lowest BCUT2D eigenvalue weighted by Gasteiger charge is -2.10. The minimum absolute atomic E-state index is 0.139. The van der Waals surface area contributed by atoms with Crippen LogP contribution in [0.2, 0.25) is 0 Å². The summed E-state index contributed by atoms with van der Waals surface area (Å²) in [7, 11) is 1.58.